The molecular weight excluding hydrogens is 308 g/mol. The van der Waals surface area contributed by atoms with Gasteiger partial charge in [0.25, 0.3) is 0 Å². The second kappa shape index (κ2) is 4.67. The zero-order chi connectivity index (χ0) is 13.5. The highest BCUT2D eigenvalue weighted by Crippen LogP contribution is 2.45. The van der Waals surface area contributed by atoms with Gasteiger partial charge in [0.1, 0.15) is 5.57 Å². The van der Waals surface area contributed by atoms with Crippen LogP contribution in [0.4, 0.5) is 0 Å². The van der Waals surface area contributed by atoms with Gasteiger partial charge < -0.3 is 9.84 Å². The molecule has 3 nitrogen and oxygen atoms in total. The third-order valence-corrected chi connectivity index (χ3v) is 4.48. The lowest BCUT2D eigenvalue weighted by atomic mass is 9.82. The fourth-order valence-electron chi connectivity index (χ4n) is 2.93. The van der Waals surface area contributed by atoms with Crippen molar-refractivity contribution in [1.82, 2.24) is 0 Å². The summed E-state index contributed by atoms with van der Waals surface area (Å²) < 4.78 is 6.46. The van der Waals surface area contributed by atoms with Crippen LogP contribution in [0.2, 0.25) is 0 Å². The van der Waals surface area contributed by atoms with Crippen molar-refractivity contribution in [3.63, 3.8) is 0 Å². The van der Waals surface area contributed by atoms with Gasteiger partial charge in [-0.25, -0.2) is 4.79 Å². The first-order chi connectivity index (χ1) is 9.12. The Morgan fingerprint density at radius 1 is 1.11 bits per heavy atom. The Bertz CT molecular complexity index is 539. The van der Waals surface area contributed by atoms with Crippen molar-refractivity contribution in [3.8, 4) is 0 Å². The molecule has 1 spiro atoms. The largest absolute Gasteiger partial charge is 0.507 e. The van der Waals surface area contributed by atoms with Gasteiger partial charge in [-0.3, -0.25) is 0 Å². The molecular formula is C15H15BrO3. The van der Waals surface area contributed by atoms with E-state index in [1.54, 1.807) is 0 Å². The van der Waals surface area contributed by atoms with Crippen molar-refractivity contribution in [2.45, 2.75) is 37.7 Å². The Labute approximate surface area is 120 Å². The summed E-state index contributed by atoms with van der Waals surface area (Å²) in [5, 5.41) is 10.5. The molecule has 1 saturated carbocycles. The van der Waals surface area contributed by atoms with Crippen molar-refractivity contribution in [3.05, 3.63) is 40.1 Å². The van der Waals surface area contributed by atoms with Crippen LogP contribution >= 0.6 is 15.9 Å². The molecule has 2 aliphatic rings. The zero-order valence-electron chi connectivity index (χ0n) is 10.5. The van der Waals surface area contributed by atoms with Crippen LogP contribution in [0, 0.1) is 0 Å². The highest BCUT2D eigenvalue weighted by Gasteiger charge is 2.48. The molecule has 0 amide bonds. The van der Waals surface area contributed by atoms with Crippen molar-refractivity contribution in [2.75, 3.05) is 0 Å². The third-order valence-electron chi connectivity index (χ3n) is 3.95. The summed E-state index contributed by atoms with van der Waals surface area (Å²) in [6, 6.07) is 7.35. The second-order valence-electron chi connectivity index (χ2n) is 5.17. The molecule has 3 rings (SSSR count). The van der Waals surface area contributed by atoms with E-state index in [0.29, 0.717) is 11.1 Å². The van der Waals surface area contributed by atoms with E-state index in [1.165, 1.54) is 0 Å². The summed E-state index contributed by atoms with van der Waals surface area (Å²) in [6.07, 6.45) is 4.57. The number of esters is 1. The number of hydrogen-bond donors (Lipinski definition) is 1. The standard InChI is InChI=1S/C15H15BrO3/c16-11-6-4-10(5-7-11)12-13(17)15(19-14(12)18)8-2-1-3-9-15/h4-7,17H,1-3,8-9H2. The molecule has 0 atom stereocenters. The van der Waals surface area contributed by atoms with Gasteiger partial charge in [-0.05, 0) is 43.4 Å². The Morgan fingerprint density at radius 3 is 2.37 bits per heavy atom. The summed E-state index contributed by atoms with van der Waals surface area (Å²) in [4.78, 5) is 12.1. The van der Waals surface area contributed by atoms with Gasteiger partial charge in [0, 0.05) is 4.47 Å². The van der Waals surface area contributed by atoms with E-state index in [-0.39, 0.29) is 5.76 Å². The Balaban J connectivity index is 2.03. The minimum Gasteiger partial charge on any atom is -0.507 e. The number of aliphatic hydroxyl groups is 1. The lowest BCUT2D eigenvalue weighted by Crippen LogP contribution is -2.34. The van der Waals surface area contributed by atoms with E-state index in [0.717, 1.165) is 36.6 Å². The minimum absolute atomic E-state index is 0.125. The van der Waals surface area contributed by atoms with E-state index in [4.69, 9.17) is 4.74 Å². The second-order valence-corrected chi connectivity index (χ2v) is 6.09. The smallest absolute Gasteiger partial charge is 0.343 e. The quantitative estimate of drug-likeness (QED) is 0.795. The molecule has 1 heterocycles. The van der Waals surface area contributed by atoms with Crippen LogP contribution in [0.5, 0.6) is 0 Å². The summed E-state index contributed by atoms with van der Waals surface area (Å²) >= 11 is 3.36. The Hall–Kier alpha value is -1.29. The van der Waals surface area contributed by atoms with E-state index in [1.807, 2.05) is 24.3 Å². The van der Waals surface area contributed by atoms with Crippen LogP contribution in [0.1, 0.15) is 37.7 Å². The van der Waals surface area contributed by atoms with Crippen LogP contribution in [0.25, 0.3) is 5.57 Å². The molecule has 0 saturated heterocycles. The zero-order valence-corrected chi connectivity index (χ0v) is 12.1. The normalized spacial score (nSPS) is 21.8. The SMILES string of the molecule is O=C1OC2(CCCCC2)C(O)=C1c1ccc(Br)cc1. The number of hydrogen-bond acceptors (Lipinski definition) is 3. The predicted molar refractivity (Wildman–Crippen MR) is 75.6 cm³/mol. The maximum atomic E-state index is 12.1. The highest BCUT2D eigenvalue weighted by atomic mass is 79.9. The van der Waals surface area contributed by atoms with Crippen molar-refractivity contribution in [2.24, 2.45) is 0 Å². The van der Waals surface area contributed by atoms with Crippen molar-refractivity contribution < 1.29 is 14.6 Å². The molecule has 1 aliphatic carbocycles. The first kappa shape index (κ1) is 12.7. The van der Waals surface area contributed by atoms with Crippen LogP contribution in [-0.2, 0) is 9.53 Å². The maximum Gasteiger partial charge on any atom is 0.343 e. The van der Waals surface area contributed by atoms with Gasteiger partial charge in [-0.2, -0.15) is 0 Å². The van der Waals surface area contributed by atoms with Gasteiger partial charge >= 0.3 is 5.97 Å². The number of carbonyl (C=O) groups is 1. The van der Waals surface area contributed by atoms with E-state index < -0.39 is 11.6 Å². The van der Waals surface area contributed by atoms with Crippen LogP contribution < -0.4 is 0 Å². The van der Waals surface area contributed by atoms with E-state index >= 15 is 0 Å². The molecule has 0 unspecified atom stereocenters. The number of halogens is 1. The molecule has 1 fully saturated rings. The highest BCUT2D eigenvalue weighted by molar-refractivity contribution is 9.10. The van der Waals surface area contributed by atoms with Gasteiger partial charge in [0.15, 0.2) is 11.4 Å². The number of benzene rings is 1. The molecule has 1 aromatic carbocycles. The fraction of sp³-hybridized carbons (Fsp3) is 0.400. The number of carbonyl (C=O) groups excluding carboxylic acids is 1. The van der Waals surface area contributed by atoms with Gasteiger partial charge in [-0.1, -0.05) is 34.5 Å². The first-order valence-corrected chi connectivity index (χ1v) is 7.35. The van der Waals surface area contributed by atoms with Crippen molar-refractivity contribution >= 4 is 27.5 Å². The molecule has 0 aromatic heterocycles. The predicted octanol–water partition coefficient (Wildman–Crippen LogP) is 3.98. The van der Waals surface area contributed by atoms with Crippen LogP contribution in [0.15, 0.2) is 34.5 Å². The fourth-order valence-corrected chi connectivity index (χ4v) is 3.20. The monoisotopic (exact) mass is 322 g/mol. The van der Waals surface area contributed by atoms with E-state index in [2.05, 4.69) is 15.9 Å². The molecule has 100 valence electrons. The topological polar surface area (TPSA) is 46.5 Å². The summed E-state index contributed by atoms with van der Waals surface area (Å²) in [6.45, 7) is 0. The molecule has 1 aliphatic heterocycles. The van der Waals surface area contributed by atoms with Crippen LogP contribution in [-0.4, -0.2) is 16.7 Å². The first-order valence-electron chi connectivity index (χ1n) is 6.55. The van der Waals surface area contributed by atoms with Gasteiger partial charge in [-0.15, -0.1) is 0 Å². The van der Waals surface area contributed by atoms with E-state index in [9.17, 15) is 9.90 Å². The number of ether oxygens (including phenoxy) is 1. The molecule has 19 heavy (non-hydrogen) atoms. The number of aliphatic hydroxyl groups excluding tert-OH is 1. The minimum atomic E-state index is -0.752. The van der Waals surface area contributed by atoms with Gasteiger partial charge in [0.05, 0.1) is 0 Å². The molecule has 1 N–H and O–H groups in total. The number of rotatable bonds is 1. The van der Waals surface area contributed by atoms with Crippen LogP contribution in [0.3, 0.4) is 0 Å². The lowest BCUT2D eigenvalue weighted by molar-refractivity contribution is -0.149. The third kappa shape index (κ3) is 2.08. The molecule has 0 radical (unpaired) electrons. The van der Waals surface area contributed by atoms with Gasteiger partial charge in [0.2, 0.25) is 0 Å². The molecule has 1 aromatic rings. The summed E-state index contributed by atoms with van der Waals surface area (Å²) in [5.41, 5.74) is 0.292. The molecule has 4 heteroatoms. The Morgan fingerprint density at radius 2 is 1.74 bits per heavy atom. The summed E-state index contributed by atoms with van der Waals surface area (Å²) in [5.74, 6) is -0.277. The van der Waals surface area contributed by atoms with Crippen molar-refractivity contribution in [1.29, 1.82) is 0 Å². The maximum absolute atomic E-state index is 12.1. The lowest BCUT2D eigenvalue weighted by Gasteiger charge is -2.31. The summed E-state index contributed by atoms with van der Waals surface area (Å²) in [7, 11) is 0. The average molecular weight is 323 g/mol. The Kier molecular flexibility index (Phi) is 3.13. The average Bonchev–Trinajstić information content (AvgIpc) is 2.64. The molecule has 0 bridgehead atoms.